The number of fused-ring (bicyclic) bond motifs is 3. The van der Waals surface area contributed by atoms with E-state index >= 15 is 0 Å². The van der Waals surface area contributed by atoms with Gasteiger partial charge in [-0.05, 0) is 48.9 Å². The molecular weight excluding hydrogens is 380 g/mol. The van der Waals surface area contributed by atoms with E-state index in [1.807, 2.05) is 17.5 Å². The summed E-state index contributed by atoms with van der Waals surface area (Å²) in [6.07, 6.45) is 7.43. The minimum Gasteiger partial charge on any atom is -0.463 e. The Kier molecular flexibility index (Phi) is 3.95. The van der Waals surface area contributed by atoms with Crippen LogP contribution in [0, 0.1) is 0 Å². The molecule has 4 heterocycles. The summed E-state index contributed by atoms with van der Waals surface area (Å²) in [5.74, 6) is 0.519. The number of amides is 1. The summed E-state index contributed by atoms with van der Waals surface area (Å²) in [6.45, 7) is 0. The van der Waals surface area contributed by atoms with Gasteiger partial charge in [0.25, 0.3) is 5.91 Å². The number of nitrogen functional groups attached to an aromatic ring is 1. The summed E-state index contributed by atoms with van der Waals surface area (Å²) < 4.78 is 5.61. The quantitative estimate of drug-likeness (QED) is 0.522. The molecule has 27 heavy (non-hydrogen) atoms. The Morgan fingerprint density at radius 1 is 1.26 bits per heavy atom. The third-order valence-electron chi connectivity index (χ3n) is 4.81. The van der Waals surface area contributed by atoms with Gasteiger partial charge in [-0.15, -0.1) is 22.7 Å². The van der Waals surface area contributed by atoms with E-state index in [4.69, 9.17) is 15.1 Å². The van der Waals surface area contributed by atoms with E-state index in [9.17, 15) is 4.79 Å². The standard InChI is InChI=1S/C19H16N4O2S2/c20-14-13-10-4-1-2-5-11(10)15(12-6-3-8-25-12)22-18(13)27-16(14)17(24)23-19-21-7-9-26-19/h3,6-9H,1-2,4-5,20H2,(H,21,23,24). The zero-order valence-corrected chi connectivity index (χ0v) is 16.0. The van der Waals surface area contributed by atoms with E-state index < -0.39 is 0 Å². The second kappa shape index (κ2) is 6.47. The second-order valence-electron chi connectivity index (χ2n) is 6.42. The first-order valence-electron chi connectivity index (χ1n) is 8.71. The highest BCUT2D eigenvalue weighted by molar-refractivity contribution is 7.21. The van der Waals surface area contributed by atoms with Gasteiger partial charge < -0.3 is 10.2 Å². The third-order valence-corrected chi connectivity index (χ3v) is 6.60. The maximum absolute atomic E-state index is 12.7. The Morgan fingerprint density at radius 3 is 2.85 bits per heavy atom. The number of nitrogens with zero attached hydrogens (tertiary/aromatic N) is 2. The van der Waals surface area contributed by atoms with Crippen molar-refractivity contribution in [1.82, 2.24) is 9.97 Å². The van der Waals surface area contributed by atoms with Gasteiger partial charge in [0, 0.05) is 17.0 Å². The number of hydrogen-bond acceptors (Lipinski definition) is 7. The summed E-state index contributed by atoms with van der Waals surface area (Å²) in [5, 5.41) is 6.12. The molecule has 0 radical (unpaired) electrons. The number of aryl methyl sites for hydroxylation is 1. The third kappa shape index (κ3) is 2.72. The Morgan fingerprint density at radius 2 is 2.11 bits per heavy atom. The van der Waals surface area contributed by atoms with Crippen LogP contribution in [0.1, 0.15) is 33.6 Å². The number of rotatable bonds is 3. The molecule has 3 N–H and O–H groups in total. The van der Waals surface area contributed by atoms with Crippen molar-refractivity contribution in [2.75, 3.05) is 11.1 Å². The lowest BCUT2D eigenvalue weighted by Crippen LogP contribution is -2.12. The average molecular weight is 396 g/mol. The van der Waals surface area contributed by atoms with E-state index in [0.717, 1.165) is 47.4 Å². The summed E-state index contributed by atoms with van der Waals surface area (Å²) >= 11 is 2.70. The van der Waals surface area contributed by atoms with Crippen molar-refractivity contribution >= 4 is 49.6 Å². The highest BCUT2D eigenvalue weighted by Crippen LogP contribution is 2.42. The fourth-order valence-electron chi connectivity index (χ4n) is 3.64. The van der Waals surface area contributed by atoms with Gasteiger partial charge >= 0.3 is 0 Å². The van der Waals surface area contributed by atoms with Crippen molar-refractivity contribution in [1.29, 1.82) is 0 Å². The number of carbonyl (C=O) groups excluding carboxylic acids is 1. The van der Waals surface area contributed by atoms with Gasteiger partial charge in [0.05, 0.1) is 12.0 Å². The number of thiophene rings is 1. The first kappa shape index (κ1) is 16.5. The molecule has 0 bridgehead atoms. The first-order valence-corrected chi connectivity index (χ1v) is 10.4. The van der Waals surface area contributed by atoms with E-state index in [1.165, 1.54) is 33.8 Å². The number of pyridine rings is 1. The Balaban J connectivity index is 1.68. The van der Waals surface area contributed by atoms with Crippen LogP contribution in [0.25, 0.3) is 21.7 Å². The lowest BCUT2D eigenvalue weighted by Gasteiger charge is -2.19. The number of nitrogens with one attached hydrogen (secondary N) is 1. The average Bonchev–Trinajstić information content (AvgIpc) is 3.42. The summed E-state index contributed by atoms with van der Waals surface area (Å²) in [5.41, 5.74) is 10.2. The van der Waals surface area contributed by atoms with E-state index in [-0.39, 0.29) is 5.91 Å². The van der Waals surface area contributed by atoms with Crippen LogP contribution in [0.4, 0.5) is 10.8 Å². The van der Waals surface area contributed by atoms with Gasteiger partial charge in [0.15, 0.2) is 10.9 Å². The van der Waals surface area contributed by atoms with Gasteiger partial charge in [0.1, 0.15) is 15.4 Å². The van der Waals surface area contributed by atoms with Crippen LogP contribution < -0.4 is 11.1 Å². The zero-order valence-electron chi connectivity index (χ0n) is 14.3. The molecule has 1 aliphatic carbocycles. The summed E-state index contributed by atoms with van der Waals surface area (Å²) in [6, 6.07) is 3.79. The molecule has 1 aliphatic rings. The zero-order chi connectivity index (χ0) is 18.4. The van der Waals surface area contributed by atoms with Crippen molar-refractivity contribution in [2.45, 2.75) is 25.7 Å². The number of furan rings is 1. The molecule has 4 aromatic rings. The Labute approximate surface area is 163 Å². The molecule has 6 nitrogen and oxygen atoms in total. The Hall–Kier alpha value is -2.71. The van der Waals surface area contributed by atoms with Crippen LogP contribution in [0.3, 0.4) is 0 Å². The molecule has 5 rings (SSSR count). The number of thiazole rings is 1. The molecule has 0 aliphatic heterocycles. The topological polar surface area (TPSA) is 94.0 Å². The predicted octanol–water partition coefficient (Wildman–Crippen LogP) is 4.73. The predicted molar refractivity (Wildman–Crippen MR) is 108 cm³/mol. The molecule has 0 fully saturated rings. The number of hydrogen-bond donors (Lipinski definition) is 2. The van der Waals surface area contributed by atoms with Gasteiger partial charge in [-0.2, -0.15) is 0 Å². The SMILES string of the molecule is Nc1c(C(=O)Nc2nccs2)sc2nc(-c3ccco3)c3c(c12)CCCC3. The van der Waals surface area contributed by atoms with Gasteiger partial charge in [0.2, 0.25) is 0 Å². The number of aromatic nitrogens is 2. The summed E-state index contributed by atoms with van der Waals surface area (Å²) in [7, 11) is 0. The largest absolute Gasteiger partial charge is 0.463 e. The van der Waals surface area contributed by atoms with Gasteiger partial charge in [-0.3, -0.25) is 10.1 Å². The fourth-order valence-corrected chi connectivity index (χ4v) is 5.18. The molecular formula is C19H16N4O2S2. The molecule has 4 aromatic heterocycles. The Bertz CT molecular complexity index is 1130. The van der Waals surface area contributed by atoms with E-state index in [2.05, 4.69) is 10.3 Å². The number of carbonyl (C=O) groups is 1. The van der Waals surface area contributed by atoms with Crippen LogP contribution in [0.2, 0.25) is 0 Å². The maximum Gasteiger partial charge on any atom is 0.269 e. The highest BCUT2D eigenvalue weighted by atomic mass is 32.1. The molecule has 0 aromatic carbocycles. The first-order chi connectivity index (χ1) is 13.2. The molecule has 0 saturated heterocycles. The maximum atomic E-state index is 12.7. The monoisotopic (exact) mass is 396 g/mol. The molecule has 0 saturated carbocycles. The van der Waals surface area contributed by atoms with Crippen molar-refractivity contribution < 1.29 is 9.21 Å². The van der Waals surface area contributed by atoms with Crippen molar-refractivity contribution in [3.05, 3.63) is 46.0 Å². The van der Waals surface area contributed by atoms with Crippen LogP contribution in [0.5, 0.6) is 0 Å². The lowest BCUT2D eigenvalue weighted by molar-refractivity contribution is 0.103. The highest BCUT2D eigenvalue weighted by Gasteiger charge is 2.26. The number of nitrogens with two attached hydrogens (primary N) is 1. The minimum absolute atomic E-state index is 0.241. The fraction of sp³-hybridized carbons (Fsp3) is 0.211. The van der Waals surface area contributed by atoms with Crippen LogP contribution in [0.15, 0.2) is 34.4 Å². The van der Waals surface area contributed by atoms with Crippen LogP contribution in [-0.4, -0.2) is 15.9 Å². The normalized spacial score (nSPS) is 13.6. The smallest absolute Gasteiger partial charge is 0.269 e. The molecule has 8 heteroatoms. The minimum atomic E-state index is -0.241. The number of anilines is 2. The van der Waals surface area contributed by atoms with Crippen LogP contribution >= 0.6 is 22.7 Å². The lowest BCUT2D eigenvalue weighted by atomic mass is 9.88. The molecule has 0 unspecified atom stereocenters. The van der Waals surface area contributed by atoms with E-state index in [0.29, 0.717) is 15.7 Å². The van der Waals surface area contributed by atoms with Crippen LogP contribution in [-0.2, 0) is 12.8 Å². The molecule has 136 valence electrons. The van der Waals surface area contributed by atoms with E-state index in [1.54, 1.807) is 12.5 Å². The second-order valence-corrected chi connectivity index (χ2v) is 8.31. The van der Waals surface area contributed by atoms with Crippen molar-refractivity contribution in [3.8, 4) is 11.5 Å². The molecule has 0 atom stereocenters. The van der Waals surface area contributed by atoms with Gasteiger partial charge in [-0.1, -0.05) is 0 Å². The van der Waals surface area contributed by atoms with Gasteiger partial charge in [-0.25, -0.2) is 9.97 Å². The molecule has 1 amide bonds. The van der Waals surface area contributed by atoms with Crippen molar-refractivity contribution in [3.63, 3.8) is 0 Å². The van der Waals surface area contributed by atoms with Crippen molar-refractivity contribution in [2.24, 2.45) is 0 Å². The molecule has 0 spiro atoms. The summed E-state index contributed by atoms with van der Waals surface area (Å²) in [4.78, 5) is 22.9.